The molecule has 0 spiro atoms. The first kappa shape index (κ1) is 22.1. The molecule has 1 unspecified atom stereocenters. The van der Waals surface area contributed by atoms with E-state index in [9.17, 15) is 19.2 Å². The molecule has 0 radical (unpaired) electrons. The highest BCUT2D eigenvalue weighted by Gasteiger charge is 2.38. The lowest BCUT2D eigenvalue weighted by molar-refractivity contribution is -0.139. The quantitative estimate of drug-likeness (QED) is 0.397. The number of allylic oxidation sites excluding steroid dienone is 1. The van der Waals surface area contributed by atoms with E-state index >= 15 is 0 Å². The van der Waals surface area contributed by atoms with Gasteiger partial charge in [-0.3, -0.25) is 4.79 Å². The Morgan fingerprint density at radius 1 is 1.45 bits per heavy atom. The first-order chi connectivity index (χ1) is 14.8. The highest BCUT2D eigenvalue weighted by Crippen LogP contribution is 2.41. The number of hydrogen-bond donors (Lipinski definition) is 2. The van der Waals surface area contributed by atoms with Crippen molar-refractivity contribution in [2.24, 2.45) is 5.73 Å². The molecule has 1 atom stereocenters. The summed E-state index contributed by atoms with van der Waals surface area (Å²) in [5.74, 6) is -2.56. The van der Waals surface area contributed by atoms with E-state index in [4.69, 9.17) is 15.2 Å². The number of aromatic amines is 1. The van der Waals surface area contributed by atoms with Crippen LogP contribution in [-0.4, -0.2) is 28.3 Å². The van der Waals surface area contributed by atoms with Gasteiger partial charge in [0, 0.05) is 17.3 Å². The average Bonchev–Trinajstić information content (AvgIpc) is 2.71. The third-order valence-corrected chi connectivity index (χ3v) is 5.27. The van der Waals surface area contributed by atoms with Gasteiger partial charge in [0.1, 0.15) is 23.2 Å². The van der Waals surface area contributed by atoms with E-state index in [1.807, 2.05) is 6.07 Å². The molecule has 2 heterocycles. The maximum absolute atomic E-state index is 14.7. The van der Waals surface area contributed by atoms with Crippen molar-refractivity contribution in [1.29, 1.82) is 5.26 Å². The van der Waals surface area contributed by atoms with Crippen LogP contribution in [0.25, 0.3) is 0 Å². The monoisotopic (exact) mass is 442 g/mol. The molecule has 2 aromatic rings. The molecule has 0 bridgehead atoms. The molecule has 3 N–H and O–H groups in total. The fraction of sp³-hybridized carbons (Fsp3) is 0.238. The molecule has 0 saturated heterocycles. The summed E-state index contributed by atoms with van der Waals surface area (Å²) in [6.07, 6.45) is 0. The maximum Gasteiger partial charge on any atom is 0.338 e. The molecule has 1 aromatic heterocycles. The number of carbonyl (C=O) groups is 1. The van der Waals surface area contributed by atoms with Crippen LogP contribution in [0.2, 0.25) is 0 Å². The van der Waals surface area contributed by atoms with E-state index in [1.165, 1.54) is 24.3 Å². The molecule has 3 rings (SSSR count). The van der Waals surface area contributed by atoms with Crippen molar-refractivity contribution in [1.82, 2.24) is 9.97 Å². The molecular formula is C21H19FN4O4S. The Labute approximate surface area is 181 Å². The number of halogens is 1. The SMILES string of the molecule is CCOC(=O)C1=C(CSc2nc(C)cc(=O)[nH]2)OC(N)=C(C#N)C1c1ccccc1F. The Hall–Kier alpha value is -3.58. The Balaban J connectivity index is 2.10. The first-order valence-corrected chi connectivity index (χ1v) is 10.3. The zero-order valence-electron chi connectivity index (χ0n) is 16.8. The maximum atomic E-state index is 14.7. The number of ether oxygens (including phenoxy) is 2. The molecule has 0 fully saturated rings. The molecule has 0 amide bonds. The lowest BCUT2D eigenvalue weighted by Crippen LogP contribution is -2.27. The molecule has 0 aliphatic carbocycles. The van der Waals surface area contributed by atoms with Crippen LogP contribution >= 0.6 is 11.8 Å². The fourth-order valence-corrected chi connectivity index (χ4v) is 4.00. The van der Waals surface area contributed by atoms with Gasteiger partial charge >= 0.3 is 5.97 Å². The van der Waals surface area contributed by atoms with Crippen LogP contribution in [0.4, 0.5) is 4.39 Å². The summed E-state index contributed by atoms with van der Waals surface area (Å²) < 4.78 is 25.4. The Kier molecular flexibility index (Phi) is 6.77. The number of aryl methyl sites for hydroxylation is 1. The van der Waals surface area contributed by atoms with Crippen molar-refractivity contribution in [2.45, 2.75) is 24.9 Å². The summed E-state index contributed by atoms with van der Waals surface area (Å²) in [6, 6.07) is 9.06. The third kappa shape index (κ3) is 4.78. The molecule has 1 aliphatic rings. The number of nitrogens with one attached hydrogen (secondary N) is 1. The highest BCUT2D eigenvalue weighted by molar-refractivity contribution is 7.99. The van der Waals surface area contributed by atoms with Crippen LogP contribution in [0.1, 0.15) is 24.1 Å². The second-order valence-corrected chi connectivity index (χ2v) is 7.45. The minimum absolute atomic E-state index is 0.0276. The molecule has 10 heteroatoms. The van der Waals surface area contributed by atoms with E-state index in [0.29, 0.717) is 10.9 Å². The van der Waals surface area contributed by atoms with Crippen LogP contribution in [0.3, 0.4) is 0 Å². The third-order valence-electron chi connectivity index (χ3n) is 4.40. The number of nitriles is 1. The molecule has 1 aromatic carbocycles. The van der Waals surface area contributed by atoms with Gasteiger partial charge in [-0.15, -0.1) is 0 Å². The number of nitrogens with two attached hydrogens (primary N) is 1. The van der Waals surface area contributed by atoms with Gasteiger partial charge in [0.25, 0.3) is 5.56 Å². The van der Waals surface area contributed by atoms with E-state index < -0.39 is 17.7 Å². The first-order valence-electron chi connectivity index (χ1n) is 9.28. The fourth-order valence-electron chi connectivity index (χ4n) is 3.13. The van der Waals surface area contributed by atoms with Crippen molar-refractivity contribution in [3.05, 3.63) is 80.5 Å². The van der Waals surface area contributed by atoms with Crippen LogP contribution in [-0.2, 0) is 14.3 Å². The number of carbonyl (C=O) groups excluding carboxylic acids is 1. The smallest absolute Gasteiger partial charge is 0.338 e. The van der Waals surface area contributed by atoms with Crippen molar-refractivity contribution in [3.63, 3.8) is 0 Å². The van der Waals surface area contributed by atoms with E-state index in [-0.39, 0.29) is 46.3 Å². The number of H-pyrrole nitrogens is 1. The minimum Gasteiger partial charge on any atom is -0.463 e. The number of nitrogens with zero attached hydrogens (tertiary/aromatic N) is 2. The van der Waals surface area contributed by atoms with Gasteiger partial charge < -0.3 is 20.2 Å². The molecule has 1 aliphatic heterocycles. The van der Waals surface area contributed by atoms with Crippen LogP contribution < -0.4 is 11.3 Å². The van der Waals surface area contributed by atoms with E-state index in [1.54, 1.807) is 19.9 Å². The number of aromatic nitrogens is 2. The summed E-state index contributed by atoms with van der Waals surface area (Å²) in [5.41, 5.74) is 6.12. The summed E-state index contributed by atoms with van der Waals surface area (Å²) in [5, 5.41) is 9.95. The van der Waals surface area contributed by atoms with Crippen molar-refractivity contribution in [2.75, 3.05) is 12.4 Å². The predicted molar refractivity (Wildman–Crippen MR) is 111 cm³/mol. The molecular weight excluding hydrogens is 423 g/mol. The normalized spacial score (nSPS) is 16.0. The second kappa shape index (κ2) is 9.49. The molecule has 0 saturated carbocycles. The minimum atomic E-state index is -1.10. The lowest BCUT2D eigenvalue weighted by atomic mass is 9.83. The highest BCUT2D eigenvalue weighted by atomic mass is 32.2. The summed E-state index contributed by atoms with van der Waals surface area (Å²) in [4.78, 5) is 31.4. The Morgan fingerprint density at radius 2 is 2.19 bits per heavy atom. The van der Waals surface area contributed by atoms with Gasteiger partial charge in [0.2, 0.25) is 5.88 Å². The number of benzene rings is 1. The molecule has 31 heavy (non-hydrogen) atoms. The number of thioether (sulfide) groups is 1. The summed E-state index contributed by atoms with van der Waals surface area (Å²) >= 11 is 1.09. The van der Waals surface area contributed by atoms with Gasteiger partial charge in [0.05, 0.1) is 23.9 Å². The summed E-state index contributed by atoms with van der Waals surface area (Å²) in [7, 11) is 0. The van der Waals surface area contributed by atoms with Gasteiger partial charge in [-0.25, -0.2) is 14.2 Å². The van der Waals surface area contributed by atoms with Crippen LogP contribution in [0.5, 0.6) is 0 Å². The standard InChI is InChI=1S/C21H19FN4O4S/c1-3-29-20(28)18-15(10-31-21-25-11(2)8-16(27)26-21)30-19(24)13(9-23)17(18)12-6-4-5-7-14(12)22/h4-8,17H,3,10,24H2,1-2H3,(H,25,26,27). The van der Waals surface area contributed by atoms with E-state index in [0.717, 1.165) is 11.8 Å². The van der Waals surface area contributed by atoms with Gasteiger partial charge in [-0.05, 0) is 19.9 Å². The Bertz CT molecular complexity index is 1180. The zero-order valence-corrected chi connectivity index (χ0v) is 17.6. The van der Waals surface area contributed by atoms with Gasteiger partial charge in [-0.1, -0.05) is 30.0 Å². The second-order valence-electron chi connectivity index (χ2n) is 6.48. The Morgan fingerprint density at radius 3 is 2.84 bits per heavy atom. The summed E-state index contributed by atoms with van der Waals surface area (Å²) in [6.45, 7) is 3.37. The number of esters is 1. The lowest BCUT2D eigenvalue weighted by Gasteiger charge is -2.28. The number of hydrogen-bond acceptors (Lipinski definition) is 8. The van der Waals surface area contributed by atoms with Crippen molar-refractivity contribution in [3.8, 4) is 6.07 Å². The number of rotatable bonds is 6. The van der Waals surface area contributed by atoms with Crippen molar-refractivity contribution < 1.29 is 18.7 Å². The van der Waals surface area contributed by atoms with E-state index in [2.05, 4.69) is 9.97 Å². The van der Waals surface area contributed by atoms with Gasteiger partial charge in [0.15, 0.2) is 5.16 Å². The topological polar surface area (TPSA) is 131 Å². The zero-order chi connectivity index (χ0) is 22.5. The molecule has 8 nitrogen and oxygen atoms in total. The van der Waals surface area contributed by atoms with Crippen LogP contribution in [0.15, 0.2) is 63.1 Å². The van der Waals surface area contributed by atoms with Crippen LogP contribution in [0, 0.1) is 24.1 Å². The average molecular weight is 442 g/mol. The van der Waals surface area contributed by atoms with Crippen molar-refractivity contribution >= 4 is 17.7 Å². The molecule has 160 valence electrons. The predicted octanol–water partition coefficient (Wildman–Crippen LogP) is 2.63. The largest absolute Gasteiger partial charge is 0.463 e. The van der Waals surface area contributed by atoms with Gasteiger partial charge in [-0.2, -0.15) is 5.26 Å².